The van der Waals surface area contributed by atoms with Gasteiger partial charge < -0.3 is 19.5 Å². The maximum Gasteiger partial charge on any atom is 0.309 e. The number of benzene rings is 4. The van der Waals surface area contributed by atoms with Crippen molar-refractivity contribution in [3.8, 4) is 45.5 Å². The summed E-state index contributed by atoms with van der Waals surface area (Å²) in [4.78, 5) is 25.2. The van der Waals surface area contributed by atoms with Crippen LogP contribution in [0.15, 0.2) is 91.0 Å². The third-order valence-electron chi connectivity index (χ3n) is 6.73. The number of ether oxygens (including phenoxy) is 3. The van der Waals surface area contributed by atoms with E-state index in [1.165, 1.54) is 6.92 Å². The first-order valence-corrected chi connectivity index (χ1v) is 13.4. The van der Waals surface area contributed by atoms with E-state index in [9.17, 15) is 9.59 Å². The van der Waals surface area contributed by atoms with E-state index in [1.54, 1.807) is 49.2 Å². The number of carbonyl (C=O) groups is 2. The molecule has 1 N–H and O–H groups in total. The number of amides is 1. The Kier molecular flexibility index (Phi) is 8.06. The minimum atomic E-state index is -0.481. The number of nitrogens with one attached hydrogen (secondary N) is 1. The zero-order valence-corrected chi connectivity index (χ0v) is 24.1. The number of carbonyl (C=O) groups excluding carboxylic acids is 2. The van der Waals surface area contributed by atoms with Crippen molar-refractivity contribution in [2.75, 3.05) is 19.5 Å². The molecule has 0 aliphatic heterocycles. The molecule has 1 aromatic heterocycles. The van der Waals surface area contributed by atoms with Gasteiger partial charge in [0.25, 0.3) is 5.91 Å². The lowest BCUT2D eigenvalue weighted by Crippen LogP contribution is -2.11. The summed E-state index contributed by atoms with van der Waals surface area (Å²) in [5, 5.41) is 7.88. The van der Waals surface area contributed by atoms with Crippen molar-refractivity contribution in [1.82, 2.24) is 9.78 Å². The fourth-order valence-electron chi connectivity index (χ4n) is 4.64. The minimum Gasteiger partial charge on any atom is -0.493 e. The second-order valence-corrected chi connectivity index (χ2v) is 9.84. The van der Waals surface area contributed by atoms with Crippen LogP contribution in [0.25, 0.3) is 28.1 Å². The van der Waals surface area contributed by atoms with Crippen molar-refractivity contribution < 1.29 is 23.8 Å². The summed E-state index contributed by atoms with van der Waals surface area (Å²) >= 11 is 0. The summed E-state index contributed by atoms with van der Waals surface area (Å²) in [5.74, 6) is 0.700. The molecule has 8 nitrogen and oxygen atoms in total. The molecule has 0 unspecified atom stereocenters. The van der Waals surface area contributed by atoms with E-state index in [0.717, 1.165) is 27.9 Å². The predicted molar refractivity (Wildman–Crippen MR) is 163 cm³/mol. The molecule has 0 aliphatic rings. The molecule has 1 amide bonds. The van der Waals surface area contributed by atoms with Gasteiger partial charge in [-0.3, -0.25) is 9.59 Å². The summed E-state index contributed by atoms with van der Waals surface area (Å²) in [5.41, 5.74) is 6.69. The van der Waals surface area contributed by atoms with Crippen LogP contribution in [-0.4, -0.2) is 35.9 Å². The van der Waals surface area contributed by atoms with E-state index >= 15 is 0 Å². The van der Waals surface area contributed by atoms with Gasteiger partial charge in [0.1, 0.15) is 5.69 Å². The van der Waals surface area contributed by atoms with Crippen molar-refractivity contribution in [2.45, 2.75) is 20.8 Å². The molecule has 0 atom stereocenters. The first-order valence-electron chi connectivity index (χ1n) is 13.4. The van der Waals surface area contributed by atoms with Gasteiger partial charge in [-0.15, -0.1) is 0 Å². The van der Waals surface area contributed by atoms with Gasteiger partial charge >= 0.3 is 5.97 Å². The topological polar surface area (TPSA) is 91.7 Å². The average Bonchev–Trinajstić information content (AvgIpc) is 3.35. The fourth-order valence-corrected chi connectivity index (χ4v) is 4.64. The molecule has 1 heterocycles. The van der Waals surface area contributed by atoms with Crippen molar-refractivity contribution in [2.24, 2.45) is 0 Å². The van der Waals surface area contributed by atoms with Gasteiger partial charge in [0.05, 0.1) is 25.5 Å². The first kappa shape index (κ1) is 28.2. The standard InChI is InChI=1S/C34H31N3O5/c1-21-9-11-25(12-10-21)33(39)35-27-16-13-24(14-17-27)31-32(26-15-18-29(40-4)30(20-26)41-5)36-37(34(31)42-23(3)38)28-8-6-7-22(2)19-28/h6-20H,1-5H3,(H,35,39). The van der Waals surface area contributed by atoms with Crippen LogP contribution in [0.5, 0.6) is 17.4 Å². The number of rotatable bonds is 8. The normalized spacial score (nSPS) is 10.7. The molecule has 4 aromatic carbocycles. The Morgan fingerprint density at radius 1 is 0.762 bits per heavy atom. The SMILES string of the molecule is COc1ccc(-c2nn(-c3cccc(C)c3)c(OC(C)=O)c2-c2ccc(NC(=O)c3ccc(C)cc3)cc2)cc1OC. The Labute approximate surface area is 244 Å². The molecule has 0 saturated carbocycles. The van der Waals surface area contributed by atoms with E-state index < -0.39 is 5.97 Å². The van der Waals surface area contributed by atoms with Gasteiger partial charge in [-0.2, -0.15) is 9.78 Å². The van der Waals surface area contributed by atoms with Gasteiger partial charge in [-0.25, -0.2) is 0 Å². The summed E-state index contributed by atoms with van der Waals surface area (Å²) in [6, 6.07) is 28.0. The molecule has 0 aliphatic carbocycles. The van der Waals surface area contributed by atoms with Gasteiger partial charge in [-0.05, 0) is 79.6 Å². The average molecular weight is 562 g/mol. The number of nitrogens with zero attached hydrogens (tertiary/aromatic N) is 2. The zero-order valence-electron chi connectivity index (χ0n) is 24.1. The van der Waals surface area contributed by atoms with Crippen LogP contribution in [0.2, 0.25) is 0 Å². The number of aromatic nitrogens is 2. The zero-order chi connectivity index (χ0) is 29.8. The molecule has 5 rings (SSSR count). The number of esters is 1. The third kappa shape index (κ3) is 5.88. The highest BCUT2D eigenvalue weighted by atomic mass is 16.5. The number of hydrogen-bond donors (Lipinski definition) is 1. The van der Waals surface area contributed by atoms with Crippen LogP contribution in [0.1, 0.15) is 28.4 Å². The van der Waals surface area contributed by atoms with Crippen molar-refractivity contribution in [1.29, 1.82) is 0 Å². The predicted octanol–water partition coefficient (Wildman–Crippen LogP) is 7.02. The van der Waals surface area contributed by atoms with Gasteiger partial charge in [-0.1, -0.05) is 42.0 Å². The lowest BCUT2D eigenvalue weighted by atomic mass is 10.0. The summed E-state index contributed by atoms with van der Waals surface area (Å²) in [6.45, 7) is 5.32. The Morgan fingerprint density at radius 2 is 1.45 bits per heavy atom. The molecular weight excluding hydrogens is 530 g/mol. The van der Waals surface area contributed by atoms with E-state index in [2.05, 4.69) is 5.32 Å². The Bertz CT molecular complexity index is 1760. The monoisotopic (exact) mass is 561 g/mol. The maximum atomic E-state index is 12.8. The molecule has 42 heavy (non-hydrogen) atoms. The molecule has 8 heteroatoms. The van der Waals surface area contributed by atoms with E-state index in [0.29, 0.717) is 34.0 Å². The van der Waals surface area contributed by atoms with Gasteiger partial charge in [0, 0.05) is 23.7 Å². The minimum absolute atomic E-state index is 0.207. The number of hydrogen-bond acceptors (Lipinski definition) is 6. The highest BCUT2D eigenvalue weighted by Crippen LogP contribution is 2.43. The van der Waals surface area contributed by atoms with E-state index in [4.69, 9.17) is 19.3 Å². The van der Waals surface area contributed by atoms with Crippen LogP contribution in [0.3, 0.4) is 0 Å². The van der Waals surface area contributed by atoms with Crippen LogP contribution in [0.4, 0.5) is 5.69 Å². The molecule has 0 bridgehead atoms. The smallest absolute Gasteiger partial charge is 0.309 e. The first-order chi connectivity index (χ1) is 20.3. The van der Waals surface area contributed by atoms with Crippen molar-refractivity contribution >= 4 is 17.6 Å². The van der Waals surface area contributed by atoms with Gasteiger partial charge in [0.15, 0.2) is 11.5 Å². The molecule has 0 spiro atoms. The van der Waals surface area contributed by atoms with Crippen LogP contribution >= 0.6 is 0 Å². The second kappa shape index (κ2) is 12.0. The highest BCUT2D eigenvalue weighted by Gasteiger charge is 2.25. The molecular formula is C34H31N3O5. The second-order valence-electron chi connectivity index (χ2n) is 9.84. The maximum absolute atomic E-state index is 12.8. The highest BCUT2D eigenvalue weighted by molar-refractivity contribution is 6.04. The lowest BCUT2D eigenvalue weighted by molar-refractivity contribution is -0.132. The van der Waals surface area contributed by atoms with Crippen LogP contribution in [-0.2, 0) is 4.79 Å². The lowest BCUT2D eigenvalue weighted by Gasteiger charge is -2.12. The Balaban J connectivity index is 1.64. The Hall–Kier alpha value is -5.37. The van der Waals surface area contributed by atoms with Crippen LogP contribution in [0, 0.1) is 13.8 Å². The van der Waals surface area contributed by atoms with Gasteiger partial charge in [0.2, 0.25) is 5.88 Å². The largest absolute Gasteiger partial charge is 0.493 e. The summed E-state index contributed by atoms with van der Waals surface area (Å²) in [6.07, 6.45) is 0. The molecule has 5 aromatic rings. The number of anilines is 1. The molecule has 0 fully saturated rings. The van der Waals surface area contributed by atoms with Crippen LogP contribution < -0.4 is 19.5 Å². The van der Waals surface area contributed by atoms with E-state index in [1.807, 2.05) is 74.5 Å². The third-order valence-corrected chi connectivity index (χ3v) is 6.73. The number of methoxy groups -OCH3 is 2. The van der Waals surface area contributed by atoms with Crippen molar-refractivity contribution in [3.63, 3.8) is 0 Å². The quantitative estimate of drug-likeness (QED) is 0.205. The van der Waals surface area contributed by atoms with E-state index in [-0.39, 0.29) is 11.8 Å². The molecule has 212 valence electrons. The number of aryl methyl sites for hydroxylation is 2. The Morgan fingerprint density at radius 3 is 2.10 bits per heavy atom. The molecule has 0 radical (unpaired) electrons. The van der Waals surface area contributed by atoms with Crippen molar-refractivity contribution in [3.05, 3.63) is 108 Å². The summed E-state index contributed by atoms with van der Waals surface area (Å²) in [7, 11) is 3.15. The molecule has 0 saturated heterocycles. The fraction of sp³-hybridized carbons (Fsp3) is 0.147. The summed E-state index contributed by atoms with van der Waals surface area (Å²) < 4.78 is 18.4.